The molecular formula is C15H18BrN3O4. The molecule has 0 saturated carbocycles. The number of nitrogens with zero attached hydrogens (tertiary/aromatic N) is 1. The fourth-order valence-corrected chi connectivity index (χ4v) is 2.26. The summed E-state index contributed by atoms with van der Waals surface area (Å²) in [6, 6.07) is 3.26. The number of halogens is 1. The van der Waals surface area contributed by atoms with Crippen molar-refractivity contribution in [2.24, 2.45) is 5.92 Å². The normalized spacial score (nSPS) is 11.6. The maximum Gasteiger partial charge on any atom is 0.255 e. The van der Waals surface area contributed by atoms with Crippen LogP contribution in [-0.2, 0) is 4.79 Å². The smallest absolute Gasteiger partial charge is 0.255 e. The quantitative estimate of drug-likeness (QED) is 0.556. The van der Waals surface area contributed by atoms with Gasteiger partial charge in [-0.3, -0.25) is 9.59 Å². The number of nitrogens with one attached hydrogen (secondary N) is 2. The summed E-state index contributed by atoms with van der Waals surface area (Å²) < 4.78 is 0.245. The van der Waals surface area contributed by atoms with E-state index in [0.29, 0.717) is 6.42 Å². The molecule has 8 heteroatoms. The van der Waals surface area contributed by atoms with E-state index in [1.807, 2.05) is 13.8 Å². The van der Waals surface area contributed by atoms with Crippen LogP contribution in [0.3, 0.4) is 0 Å². The van der Waals surface area contributed by atoms with Gasteiger partial charge < -0.3 is 20.8 Å². The first-order valence-electron chi connectivity index (χ1n) is 6.93. The van der Waals surface area contributed by atoms with Gasteiger partial charge in [0.1, 0.15) is 24.1 Å². The molecule has 0 aliphatic heterocycles. The zero-order valence-corrected chi connectivity index (χ0v) is 14.3. The van der Waals surface area contributed by atoms with Crippen LogP contribution in [0.25, 0.3) is 0 Å². The van der Waals surface area contributed by atoms with Gasteiger partial charge >= 0.3 is 0 Å². The van der Waals surface area contributed by atoms with Crippen molar-refractivity contribution in [2.45, 2.75) is 26.3 Å². The molecule has 0 aromatic heterocycles. The molecule has 1 aromatic rings. The highest BCUT2D eigenvalue weighted by molar-refractivity contribution is 9.10. The molecule has 0 heterocycles. The van der Waals surface area contributed by atoms with E-state index >= 15 is 0 Å². The lowest BCUT2D eigenvalue weighted by atomic mass is 10.0. The van der Waals surface area contributed by atoms with Crippen LogP contribution in [0.1, 0.15) is 30.6 Å². The van der Waals surface area contributed by atoms with E-state index in [1.165, 1.54) is 6.07 Å². The molecule has 0 unspecified atom stereocenters. The Morgan fingerprint density at radius 1 is 1.30 bits per heavy atom. The first-order valence-corrected chi connectivity index (χ1v) is 7.72. The zero-order valence-electron chi connectivity index (χ0n) is 12.8. The van der Waals surface area contributed by atoms with Crippen LogP contribution in [0, 0.1) is 17.2 Å². The minimum Gasteiger partial charge on any atom is -0.507 e. The van der Waals surface area contributed by atoms with E-state index in [9.17, 15) is 19.8 Å². The van der Waals surface area contributed by atoms with E-state index in [1.54, 1.807) is 6.07 Å². The molecule has 1 rings (SSSR count). The Balaban J connectivity index is 2.94. The van der Waals surface area contributed by atoms with Crippen molar-refractivity contribution >= 4 is 27.7 Å². The number of hydrogen-bond acceptors (Lipinski definition) is 5. The number of hydrogen-bond donors (Lipinski definition) is 4. The van der Waals surface area contributed by atoms with Gasteiger partial charge in [0, 0.05) is 6.07 Å². The highest BCUT2D eigenvalue weighted by Gasteiger charge is 2.24. The summed E-state index contributed by atoms with van der Waals surface area (Å²) in [5.74, 6) is -1.59. The Bertz CT molecular complexity index is 640. The summed E-state index contributed by atoms with van der Waals surface area (Å²) >= 11 is 3.06. The molecule has 0 aliphatic carbocycles. The van der Waals surface area contributed by atoms with Crippen molar-refractivity contribution in [3.63, 3.8) is 0 Å². The van der Waals surface area contributed by atoms with Crippen molar-refractivity contribution in [3.8, 4) is 17.6 Å². The maximum atomic E-state index is 12.3. The fourth-order valence-electron chi connectivity index (χ4n) is 1.92. The summed E-state index contributed by atoms with van der Waals surface area (Å²) in [6.45, 7) is 3.63. The largest absolute Gasteiger partial charge is 0.507 e. The second-order valence-corrected chi connectivity index (χ2v) is 6.21. The SMILES string of the molecule is CC(C)C[C@H](NC(=O)c1cc(Br)c(O)cc1O)C(=O)NCC#N. The van der Waals surface area contributed by atoms with Gasteiger partial charge in [-0.05, 0) is 34.3 Å². The molecule has 0 bridgehead atoms. The molecule has 0 fully saturated rings. The second kappa shape index (κ2) is 8.39. The van der Waals surface area contributed by atoms with Gasteiger partial charge in [0.2, 0.25) is 5.91 Å². The van der Waals surface area contributed by atoms with Crippen molar-refractivity contribution < 1.29 is 19.8 Å². The maximum absolute atomic E-state index is 12.3. The van der Waals surface area contributed by atoms with Gasteiger partial charge in [0.05, 0.1) is 16.1 Å². The Morgan fingerprint density at radius 3 is 2.52 bits per heavy atom. The number of phenolic OH excluding ortho intramolecular Hbond substituents is 2. The second-order valence-electron chi connectivity index (χ2n) is 5.35. The lowest BCUT2D eigenvalue weighted by molar-refractivity contribution is -0.123. The minimum atomic E-state index is -0.831. The molecule has 0 radical (unpaired) electrons. The van der Waals surface area contributed by atoms with E-state index in [4.69, 9.17) is 5.26 Å². The third-order valence-corrected chi connectivity index (χ3v) is 3.62. The number of carbonyl (C=O) groups excluding carboxylic acids is 2. The lowest BCUT2D eigenvalue weighted by Crippen LogP contribution is -2.47. The van der Waals surface area contributed by atoms with Crippen molar-refractivity contribution in [1.82, 2.24) is 10.6 Å². The Labute approximate surface area is 142 Å². The molecular weight excluding hydrogens is 366 g/mol. The highest BCUT2D eigenvalue weighted by Crippen LogP contribution is 2.31. The Kier molecular flexibility index (Phi) is 6.85. The predicted octanol–water partition coefficient (Wildman–Crippen LogP) is 1.64. The topological polar surface area (TPSA) is 122 Å². The monoisotopic (exact) mass is 383 g/mol. The number of nitriles is 1. The van der Waals surface area contributed by atoms with Gasteiger partial charge in [0.25, 0.3) is 5.91 Å². The summed E-state index contributed by atoms with van der Waals surface area (Å²) in [7, 11) is 0. The molecule has 124 valence electrons. The van der Waals surface area contributed by atoms with E-state index in [0.717, 1.165) is 6.07 Å². The van der Waals surface area contributed by atoms with E-state index in [2.05, 4.69) is 26.6 Å². The van der Waals surface area contributed by atoms with Crippen LogP contribution in [0.5, 0.6) is 11.5 Å². The van der Waals surface area contributed by atoms with Crippen LogP contribution in [-0.4, -0.2) is 34.6 Å². The van der Waals surface area contributed by atoms with Crippen LogP contribution in [0.4, 0.5) is 0 Å². The summed E-state index contributed by atoms with van der Waals surface area (Å²) in [5, 5.41) is 32.7. The Hall–Kier alpha value is -2.27. The number of aromatic hydroxyl groups is 2. The number of benzene rings is 1. The predicted molar refractivity (Wildman–Crippen MR) is 86.8 cm³/mol. The van der Waals surface area contributed by atoms with Gasteiger partial charge in [0.15, 0.2) is 0 Å². The first-order chi connectivity index (χ1) is 10.8. The van der Waals surface area contributed by atoms with Crippen molar-refractivity contribution in [2.75, 3.05) is 6.54 Å². The standard InChI is InChI=1S/C15H18BrN3O4/c1-8(2)5-11(15(23)18-4-3-17)19-14(22)9-6-10(16)13(21)7-12(9)20/h6-8,11,20-21H,4-5H2,1-2H3,(H,18,23)(H,19,22)/t11-/m0/s1. The average Bonchev–Trinajstić information content (AvgIpc) is 2.47. The van der Waals surface area contributed by atoms with Crippen LogP contribution < -0.4 is 10.6 Å². The van der Waals surface area contributed by atoms with Gasteiger partial charge in [-0.15, -0.1) is 0 Å². The number of carbonyl (C=O) groups is 2. The minimum absolute atomic E-state index is 0.0727. The highest BCUT2D eigenvalue weighted by atomic mass is 79.9. The van der Waals surface area contributed by atoms with Crippen LogP contribution in [0.15, 0.2) is 16.6 Å². The lowest BCUT2D eigenvalue weighted by Gasteiger charge is -2.20. The Morgan fingerprint density at radius 2 is 1.96 bits per heavy atom. The molecule has 4 N–H and O–H groups in total. The summed E-state index contributed by atoms with van der Waals surface area (Å²) in [6.07, 6.45) is 0.378. The number of amides is 2. The average molecular weight is 384 g/mol. The molecule has 7 nitrogen and oxygen atoms in total. The third kappa shape index (κ3) is 5.45. The van der Waals surface area contributed by atoms with Crippen LogP contribution in [0.2, 0.25) is 0 Å². The molecule has 23 heavy (non-hydrogen) atoms. The molecule has 0 spiro atoms. The van der Waals surface area contributed by atoms with Crippen molar-refractivity contribution in [1.29, 1.82) is 5.26 Å². The van der Waals surface area contributed by atoms with Gasteiger partial charge in [-0.25, -0.2) is 0 Å². The molecule has 1 aromatic carbocycles. The molecule has 0 aliphatic rings. The van der Waals surface area contributed by atoms with Gasteiger partial charge in [-0.2, -0.15) is 5.26 Å². The number of rotatable bonds is 6. The van der Waals surface area contributed by atoms with E-state index < -0.39 is 23.6 Å². The number of phenols is 2. The zero-order chi connectivity index (χ0) is 17.6. The third-order valence-electron chi connectivity index (χ3n) is 2.98. The first kappa shape index (κ1) is 18.8. The van der Waals surface area contributed by atoms with E-state index in [-0.39, 0.29) is 28.2 Å². The van der Waals surface area contributed by atoms with Crippen LogP contribution >= 0.6 is 15.9 Å². The fraction of sp³-hybridized carbons (Fsp3) is 0.400. The van der Waals surface area contributed by atoms with Crippen molar-refractivity contribution in [3.05, 3.63) is 22.2 Å². The van der Waals surface area contributed by atoms with Gasteiger partial charge in [-0.1, -0.05) is 13.8 Å². The molecule has 0 saturated heterocycles. The molecule has 2 amide bonds. The summed E-state index contributed by atoms with van der Waals surface area (Å²) in [4.78, 5) is 24.3. The molecule has 1 atom stereocenters. The summed E-state index contributed by atoms with van der Waals surface area (Å²) in [5.41, 5.74) is -0.0727.